The molecule has 0 bridgehead atoms. The Morgan fingerprint density at radius 3 is 2.48 bits per heavy atom. The lowest BCUT2D eigenvalue weighted by molar-refractivity contribution is -0.144. The van der Waals surface area contributed by atoms with E-state index in [4.69, 9.17) is 4.74 Å². The normalized spacial score (nSPS) is 24.5. The van der Waals surface area contributed by atoms with Crippen LogP contribution in [0.2, 0.25) is 0 Å². The smallest absolute Gasteiger partial charge is 0.326 e. The van der Waals surface area contributed by atoms with Crippen LogP contribution in [0.5, 0.6) is 0 Å². The first-order valence-electron chi connectivity index (χ1n) is 8.81. The first-order valence-corrected chi connectivity index (χ1v) is 9.44. The van der Waals surface area contributed by atoms with Gasteiger partial charge in [-0.1, -0.05) is 30.3 Å². The molecule has 138 valence electrons. The van der Waals surface area contributed by atoms with E-state index in [1.165, 1.54) is 0 Å². The monoisotopic (exact) mass is 365 g/mol. The highest BCUT2D eigenvalue weighted by Gasteiger charge is 2.42. The van der Waals surface area contributed by atoms with Crippen LogP contribution >= 0.6 is 12.6 Å². The highest BCUT2D eigenvalue weighted by atomic mass is 32.1. The Morgan fingerprint density at radius 1 is 1.32 bits per heavy atom. The lowest BCUT2D eigenvalue weighted by atomic mass is 9.73. The van der Waals surface area contributed by atoms with E-state index in [0.29, 0.717) is 25.2 Å². The molecular weight excluding hydrogens is 338 g/mol. The van der Waals surface area contributed by atoms with Gasteiger partial charge in [-0.05, 0) is 38.2 Å². The zero-order valence-corrected chi connectivity index (χ0v) is 15.5. The number of carboxylic acid groups (broad SMARTS) is 1. The van der Waals surface area contributed by atoms with Crippen molar-refractivity contribution in [1.29, 1.82) is 0 Å². The number of carbonyl (C=O) groups is 2. The van der Waals surface area contributed by atoms with Gasteiger partial charge in [0, 0.05) is 18.8 Å². The van der Waals surface area contributed by atoms with Crippen molar-refractivity contribution >= 4 is 24.5 Å². The summed E-state index contributed by atoms with van der Waals surface area (Å²) in [5.41, 5.74) is 0.274. The van der Waals surface area contributed by atoms with Crippen LogP contribution < -0.4 is 5.32 Å². The van der Waals surface area contributed by atoms with Gasteiger partial charge in [0.25, 0.3) is 0 Å². The molecule has 6 heteroatoms. The number of carbonyl (C=O) groups excluding carboxylic acids is 1. The summed E-state index contributed by atoms with van der Waals surface area (Å²) in [6.07, 6.45) is 3.41. The van der Waals surface area contributed by atoms with E-state index in [9.17, 15) is 14.7 Å². The third kappa shape index (κ3) is 5.22. The fourth-order valence-corrected chi connectivity index (χ4v) is 3.82. The molecule has 1 atom stereocenters. The number of rotatable bonds is 8. The highest BCUT2D eigenvalue weighted by molar-refractivity contribution is 7.80. The van der Waals surface area contributed by atoms with Crippen molar-refractivity contribution in [3.05, 3.63) is 35.9 Å². The number of thiol groups is 1. The second-order valence-corrected chi connectivity index (χ2v) is 6.96. The Bertz CT molecular complexity index is 570. The van der Waals surface area contributed by atoms with Gasteiger partial charge in [0.15, 0.2) is 0 Å². The molecule has 1 aromatic rings. The van der Waals surface area contributed by atoms with Crippen LogP contribution in [-0.2, 0) is 20.7 Å². The molecule has 0 spiro atoms. The number of aliphatic carboxylic acids is 1. The molecule has 1 aromatic carbocycles. The molecule has 1 fully saturated rings. The SMILES string of the molecule is CCOC1CCC(CS)(C(=O)NC(Cc2ccccc2)C(=O)O)CC1. The average molecular weight is 365 g/mol. The van der Waals surface area contributed by atoms with Crippen LogP contribution in [0.1, 0.15) is 38.2 Å². The van der Waals surface area contributed by atoms with Crippen molar-refractivity contribution < 1.29 is 19.4 Å². The van der Waals surface area contributed by atoms with Crippen LogP contribution in [0.3, 0.4) is 0 Å². The third-order valence-electron chi connectivity index (χ3n) is 4.96. The summed E-state index contributed by atoms with van der Waals surface area (Å²) in [5.74, 6) is -0.815. The fourth-order valence-electron chi connectivity index (χ4n) is 3.36. The van der Waals surface area contributed by atoms with Crippen LogP contribution in [0.25, 0.3) is 0 Å². The number of hydrogen-bond donors (Lipinski definition) is 3. The Hall–Kier alpha value is -1.53. The number of hydrogen-bond acceptors (Lipinski definition) is 4. The second kappa shape index (κ2) is 9.25. The molecule has 0 heterocycles. The van der Waals surface area contributed by atoms with Crippen LogP contribution in [0.4, 0.5) is 0 Å². The molecule has 1 amide bonds. The number of amides is 1. The molecule has 0 saturated heterocycles. The van der Waals surface area contributed by atoms with Crippen molar-refractivity contribution in [2.24, 2.45) is 5.41 Å². The van der Waals surface area contributed by atoms with Gasteiger partial charge in [-0.15, -0.1) is 0 Å². The third-order valence-corrected chi connectivity index (χ3v) is 5.57. The molecule has 0 aliphatic heterocycles. The van der Waals surface area contributed by atoms with E-state index in [0.717, 1.165) is 18.4 Å². The largest absolute Gasteiger partial charge is 0.480 e. The topological polar surface area (TPSA) is 75.6 Å². The average Bonchev–Trinajstić information content (AvgIpc) is 2.63. The molecule has 1 unspecified atom stereocenters. The predicted octanol–water partition coefficient (Wildman–Crippen LogP) is 2.69. The summed E-state index contributed by atoms with van der Waals surface area (Å²) >= 11 is 4.39. The Kier molecular flexibility index (Phi) is 7.32. The van der Waals surface area contributed by atoms with E-state index in [-0.39, 0.29) is 18.4 Å². The Morgan fingerprint density at radius 2 is 1.96 bits per heavy atom. The summed E-state index contributed by atoms with van der Waals surface area (Å²) in [6, 6.07) is 8.40. The van der Waals surface area contributed by atoms with Crippen molar-refractivity contribution in [3.63, 3.8) is 0 Å². The predicted molar refractivity (Wildman–Crippen MR) is 99.9 cm³/mol. The first-order chi connectivity index (χ1) is 12.0. The van der Waals surface area contributed by atoms with Crippen molar-refractivity contribution in [3.8, 4) is 0 Å². The van der Waals surface area contributed by atoms with Crippen LogP contribution in [0, 0.1) is 5.41 Å². The highest BCUT2D eigenvalue weighted by Crippen LogP contribution is 2.38. The lowest BCUT2D eigenvalue weighted by Gasteiger charge is -2.38. The maximum atomic E-state index is 12.9. The van der Waals surface area contributed by atoms with Crippen molar-refractivity contribution in [2.45, 2.75) is 51.2 Å². The molecule has 1 aliphatic rings. The minimum Gasteiger partial charge on any atom is -0.480 e. The molecule has 2 rings (SSSR count). The summed E-state index contributed by atoms with van der Waals surface area (Å²) in [6.45, 7) is 2.64. The summed E-state index contributed by atoms with van der Waals surface area (Å²) in [5, 5.41) is 12.2. The number of benzene rings is 1. The number of carboxylic acids is 1. The number of ether oxygens (including phenoxy) is 1. The molecule has 2 N–H and O–H groups in total. The van der Waals surface area contributed by atoms with E-state index < -0.39 is 17.4 Å². The lowest BCUT2D eigenvalue weighted by Crippen LogP contribution is -2.51. The van der Waals surface area contributed by atoms with Crippen molar-refractivity contribution in [1.82, 2.24) is 5.32 Å². The second-order valence-electron chi connectivity index (χ2n) is 6.65. The molecular formula is C19H27NO4S. The summed E-state index contributed by atoms with van der Waals surface area (Å²) in [4.78, 5) is 24.5. The van der Waals surface area contributed by atoms with Gasteiger partial charge in [-0.2, -0.15) is 12.6 Å². The summed E-state index contributed by atoms with van der Waals surface area (Å²) < 4.78 is 5.65. The zero-order chi connectivity index (χ0) is 18.3. The van der Waals surface area contributed by atoms with Gasteiger partial charge in [-0.25, -0.2) is 4.79 Å². The van der Waals surface area contributed by atoms with E-state index in [1.807, 2.05) is 37.3 Å². The van der Waals surface area contributed by atoms with Gasteiger partial charge in [0.05, 0.1) is 11.5 Å². The quantitative estimate of drug-likeness (QED) is 0.619. The van der Waals surface area contributed by atoms with Crippen molar-refractivity contribution in [2.75, 3.05) is 12.4 Å². The Balaban J connectivity index is 2.02. The van der Waals surface area contributed by atoms with Crippen LogP contribution in [0.15, 0.2) is 30.3 Å². The van der Waals surface area contributed by atoms with E-state index in [1.54, 1.807) is 0 Å². The minimum atomic E-state index is -1.02. The first kappa shape index (κ1) is 19.8. The maximum Gasteiger partial charge on any atom is 0.326 e. The zero-order valence-electron chi connectivity index (χ0n) is 14.6. The molecule has 1 saturated carbocycles. The van der Waals surface area contributed by atoms with Gasteiger partial charge in [0.1, 0.15) is 6.04 Å². The van der Waals surface area contributed by atoms with Gasteiger partial charge in [-0.3, -0.25) is 4.79 Å². The van der Waals surface area contributed by atoms with E-state index in [2.05, 4.69) is 17.9 Å². The molecule has 0 radical (unpaired) electrons. The van der Waals surface area contributed by atoms with Gasteiger partial charge < -0.3 is 15.2 Å². The molecule has 25 heavy (non-hydrogen) atoms. The molecule has 0 aromatic heterocycles. The standard InChI is InChI=1S/C19H27NO4S/c1-2-24-15-8-10-19(13-25,11-9-15)18(23)20-16(17(21)22)12-14-6-4-3-5-7-14/h3-7,15-16,25H,2,8-13H2,1H3,(H,20,23)(H,21,22). The summed E-state index contributed by atoms with van der Waals surface area (Å²) in [7, 11) is 0. The number of nitrogens with one attached hydrogen (secondary N) is 1. The van der Waals surface area contributed by atoms with Gasteiger partial charge in [0.2, 0.25) is 5.91 Å². The van der Waals surface area contributed by atoms with Gasteiger partial charge >= 0.3 is 5.97 Å². The molecule has 5 nitrogen and oxygen atoms in total. The minimum absolute atomic E-state index is 0.186. The molecule has 1 aliphatic carbocycles. The van der Waals surface area contributed by atoms with E-state index >= 15 is 0 Å². The maximum absolute atomic E-state index is 12.9. The van der Waals surface area contributed by atoms with Crippen LogP contribution in [-0.4, -0.2) is 41.5 Å². The Labute approximate surface area is 154 Å². The fraction of sp³-hybridized carbons (Fsp3) is 0.579.